The number of benzene rings is 2. The first kappa shape index (κ1) is 20.0. The van der Waals surface area contributed by atoms with Crippen LogP contribution in [0.15, 0.2) is 59.6 Å². The Balaban J connectivity index is 2.14. The van der Waals surface area contributed by atoms with Gasteiger partial charge in [0.1, 0.15) is 0 Å². The third-order valence-electron chi connectivity index (χ3n) is 4.24. The predicted octanol–water partition coefficient (Wildman–Crippen LogP) is 3.58. The summed E-state index contributed by atoms with van der Waals surface area (Å²) in [7, 11) is 0. The van der Waals surface area contributed by atoms with Crippen LogP contribution in [0, 0.1) is 5.41 Å². The molecule has 0 saturated heterocycles. The number of aliphatic imine (C=N–C) groups is 1. The minimum atomic E-state index is -0.515. The van der Waals surface area contributed by atoms with Crippen LogP contribution in [0.5, 0.6) is 0 Å². The van der Waals surface area contributed by atoms with Gasteiger partial charge in [-0.3, -0.25) is 14.9 Å². The van der Waals surface area contributed by atoms with Crippen molar-refractivity contribution in [1.82, 2.24) is 10.3 Å². The molecular formula is C22H23N5O2. The van der Waals surface area contributed by atoms with E-state index in [0.29, 0.717) is 29.0 Å². The second-order valence-corrected chi connectivity index (χ2v) is 7.59. The zero-order valence-corrected chi connectivity index (χ0v) is 16.6. The number of nitrogens with two attached hydrogens (primary N) is 1. The lowest BCUT2D eigenvalue weighted by molar-refractivity contribution is -0.123. The molecule has 2 aromatic carbocycles. The van der Waals surface area contributed by atoms with Crippen molar-refractivity contribution in [2.24, 2.45) is 16.1 Å². The van der Waals surface area contributed by atoms with E-state index in [0.717, 1.165) is 10.9 Å². The standard InChI is InChI=1S/C22H23N5O2/c1-22(2,3)20(29)25-15-9-10-16-18(11-15)26-17(14-7-5-4-6-8-14)12-19(16)27-21(23)24-13-28/h4-13H,1-3H3,(H,25,29)(H3,23,24,26,27,28). The summed E-state index contributed by atoms with van der Waals surface area (Å²) in [5.41, 5.74) is 8.73. The van der Waals surface area contributed by atoms with E-state index in [2.05, 4.69) is 15.6 Å². The maximum absolute atomic E-state index is 12.3. The molecule has 4 N–H and O–H groups in total. The van der Waals surface area contributed by atoms with Gasteiger partial charge in [0.25, 0.3) is 0 Å². The Morgan fingerprint density at radius 3 is 2.48 bits per heavy atom. The van der Waals surface area contributed by atoms with Crippen LogP contribution in [-0.2, 0) is 9.59 Å². The van der Waals surface area contributed by atoms with Gasteiger partial charge >= 0.3 is 0 Å². The zero-order valence-electron chi connectivity index (χ0n) is 16.6. The SMILES string of the molecule is CC(C)(C)C(=O)Nc1ccc2c(N=C(N)NC=O)cc(-c3ccccc3)nc2c1. The van der Waals surface area contributed by atoms with Crippen molar-refractivity contribution >= 4 is 40.6 Å². The van der Waals surface area contributed by atoms with E-state index in [4.69, 9.17) is 10.7 Å². The lowest BCUT2D eigenvalue weighted by Crippen LogP contribution is -2.29. The second kappa shape index (κ2) is 8.10. The highest BCUT2D eigenvalue weighted by atomic mass is 16.2. The molecule has 7 nitrogen and oxygen atoms in total. The molecule has 0 saturated carbocycles. The molecule has 0 aliphatic rings. The monoisotopic (exact) mass is 389 g/mol. The fourth-order valence-electron chi connectivity index (χ4n) is 2.68. The van der Waals surface area contributed by atoms with Crippen LogP contribution in [-0.4, -0.2) is 23.3 Å². The molecule has 1 heterocycles. The predicted molar refractivity (Wildman–Crippen MR) is 116 cm³/mol. The van der Waals surface area contributed by atoms with Crippen molar-refractivity contribution in [3.8, 4) is 11.3 Å². The summed E-state index contributed by atoms with van der Waals surface area (Å²) in [6.07, 6.45) is 0.473. The Labute approximate surface area is 169 Å². The molecule has 0 unspecified atom stereocenters. The molecule has 0 atom stereocenters. The van der Waals surface area contributed by atoms with E-state index in [-0.39, 0.29) is 11.9 Å². The molecule has 0 bridgehead atoms. The van der Waals surface area contributed by atoms with Crippen LogP contribution >= 0.6 is 0 Å². The van der Waals surface area contributed by atoms with Gasteiger partial charge in [-0.2, -0.15) is 0 Å². The Morgan fingerprint density at radius 2 is 1.83 bits per heavy atom. The van der Waals surface area contributed by atoms with Crippen LogP contribution < -0.4 is 16.4 Å². The summed E-state index contributed by atoms with van der Waals surface area (Å²) in [4.78, 5) is 32.0. The number of nitrogens with zero attached hydrogens (tertiary/aromatic N) is 2. The number of carbonyl (C=O) groups excluding carboxylic acids is 2. The normalized spacial score (nSPS) is 11.9. The quantitative estimate of drug-likeness (QED) is 0.360. The molecule has 0 spiro atoms. The molecule has 0 radical (unpaired) electrons. The molecule has 148 valence electrons. The number of anilines is 1. The lowest BCUT2D eigenvalue weighted by Gasteiger charge is -2.18. The Hall–Kier alpha value is -3.74. The smallest absolute Gasteiger partial charge is 0.229 e. The number of carbonyl (C=O) groups is 2. The van der Waals surface area contributed by atoms with E-state index >= 15 is 0 Å². The molecule has 29 heavy (non-hydrogen) atoms. The van der Waals surface area contributed by atoms with Crippen molar-refractivity contribution in [2.75, 3.05) is 5.32 Å². The third-order valence-corrected chi connectivity index (χ3v) is 4.24. The number of aromatic nitrogens is 1. The highest BCUT2D eigenvalue weighted by Crippen LogP contribution is 2.32. The van der Waals surface area contributed by atoms with Gasteiger partial charge in [0, 0.05) is 22.1 Å². The number of rotatable bonds is 4. The maximum Gasteiger partial charge on any atom is 0.229 e. The van der Waals surface area contributed by atoms with Crippen molar-refractivity contribution in [3.05, 3.63) is 54.6 Å². The molecular weight excluding hydrogens is 366 g/mol. The maximum atomic E-state index is 12.3. The number of guanidine groups is 1. The first-order valence-corrected chi connectivity index (χ1v) is 9.14. The topological polar surface area (TPSA) is 109 Å². The van der Waals surface area contributed by atoms with Crippen LogP contribution in [0.3, 0.4) is 0 Å². The number of hydrogen-bond donors (Lipinski definition) is 3. The van der Waals surface area contributed by atoms with E-state index in [1.807, 2.05) is 63.2 Å². The largest absolute Gasteiger partial charge is 0.369 e. The number of hydrogen-bond acceptors (Lipinski definition) is 4. The van der Waals surface area contributed by atoms with Crippen molar-refractivity contribution < 1.29 is 9.59 Å². The molecule has 3 rings (SSSR count). The van der Waals surface area contributed by atoms with E-state index in [1.165, 1.54) is 0 Å². The zero-order chi connectivity index (χ0) is 21.0. The minimum Gasteiger partial charge on any atom is -0.369 e. The number of fused-ring (bicyclic) bond motifs is 1. The average Bonchev–Trinajstić information content (AvgIpc) is 2.67. The molecule has 0 fully saturated rings. The molecule has 7 heteroatoms. The first-order chi connectivity index (χ1) is 13.8. The van der Waals surface area contributed by atoms with Gasteiger partial charge in [-0.05, 0) is 24.3 Å². The lowest BCUT2D eigenvalue weighted by atomic mass is 9.95. The highest BCUT2D eigenvalue weighted by molar-refractivity contribution is 6.00. The van der Waals surface area contributed by atoms with Gasteiger partial charge in [-0.15, -0.1) is 0 Å². The molecule has 3 aromatic rings. The summed E-state index contributed by atoms with van der Waals surface area (Å²) in [5.74, 6) is -0.106. The summed E-state index contributed by atoms with van der Waals surface area (Å²) in [6, 6.07) is 16.9. The highest BCUT2D eigenvalue weighted by Gasteiger charge is 2.21. The van der Waals surface area contributed by atoms with Crippen LogP contribution in [0.2, 0.25) is 0 Å². The van der Waals surface area contributed by atoms with Crippen molar-refractivity contribution in [3.63, 3.8) is 0 Å². The number of amides is 2. The van der Waals surface area contributed by atoms with Crippen molar-refractivity contribution in [2.45, 2.75) is 20.8 Å². The molecule has 1 aromatic heterocycles. The van der Waals surface area contributed by atoms with Crippen LogP contribution in [0.25, 0.3) is 22.2 Å². The number of nitrogens with one attached hydrogen (secondary N) is 2. The van der Waals surface area contributed by atoms with Gasteiger partial charge in [0.2, 0.25) is 12.3 Å². The summed E-state index contributed by atoms with van der Waals surface area (Å²) < 4.78 is 0. The first-order valence-electron chi connectivity index (χ1n) is 9.14. The Bertz CT molecular complexity index is 1090. The van der Waals surface area contributed by atoms with E-state index in [9.17, 15) is 9.59 Å². The minimum absolute atomic E-state index is 0.0170. The van der Waals surface area contributed by atoms with Gasteiger partial charge in [0.05, 0.1) is 16.9 Å². The number of pyridine rings is 1. The van der Waals surface area contributed by atoms with E-state index < -0.39 is 5.41 Å². The molecule has 0 aliphatic heterocycles. The summed E-state index contributed by atoms with van der Waals surface area (Å²) in [6.45, 7) is 5.56. The Kier molecular flexibility index (Phi) is 5.59. The van der Waals surface area contributed by atoms with Crippen LogP contribution in [0.4, 0.5) is 11.4 Å². The third kappa shape index (κ3) is 4.76. The molecule has 0 aliphatic carbocycles. The summed E-state index contributed by atoms with van der Waals surface area (Å²) >= 11 is 0. The van der Waals surface area contributed by atoms with E-state index in [1.54, 1.807) is 12.1 Å². The second-order valence-electron chi connectivity index (χ2n) is 7.59. The average molecular weight is 389 g/mol. The van der Waals surface area contributed by atoms with Gasteiger partial charge in [0.15, 0.2) is 5.96 Å². The van der Waals surface area contributed by atoms with Crippen LogP contribution in [0.1, 0.15) is 20.8 Å². The summed E-state index contributed by atoms with van der Waals surface area (Å²) in [5, 5.41) is 6.00. The van der Waals surface area contributed by atoms with Gasteiger partial charge in [-0.1, -0.05) is 51.1 Å². The van der Waals surface area contributed by atoms with Gasteiger partial charge < -0.3 is 11.1 Å². The molecule has 2 amide bonds. The van der Waals surface area contributed by atoms with Gasteiger partial charge in [-0.25, -0.2) is 9.98 Å². The fourth-order valence-corrected chi connectivity index (χ4v) is 2.68. The van der Waals surface area contributed by atoms with Crippen molar-refractivity contribution in [1.29, 1.82) is 0 Å². The fraction of sp³-hybridized carbons (Fsp3) is 0.182. The Morgan fingerprint density at radius 1 is 1.10 bits per heavy atom.